The number of carbonyl (C=O) groups excluding carboxylic acids is 1. The summed E-state index contributed by atoms with van der Waals surface area (Å²) in [6.07, 6.45) is 4.94. The van der Waals surface area contributed by atoms with Crippen LogP contribution in [-0.2, 0) is 4.74 Å². The van der Waals surface area contributed by atoms with Crippen molar-refractivity contribution in [1.29, 1.82) is 0 Å². The molecule has 1 amide bonds. The zero-order valence-corrected chi connectivity index (χ0v) is 22.4. The number of fused-ring (bicyclic) bond motifs is 1. The number of piperazine rings is 1. The molecule has 0 unspecified atom stereocenters. The van der Waals surface area contributed by atoms with Gasteiger partial charge in [-0.1, -0.05) is 24.3 Å². The predicted octanol–water partition coefficient (Wildman–Crippen LogP) is 3.20. The molecule has 2 saturated heterocycles. The number of nitrogens with zero attached hydrogens (tertiary/aromatic N) is 5. The lowest BCUT2D eigenvalue weighted by Gasteiger charge is -2.36. The standard InChI is InChI=1S/C29H39N5O4/c1-21(2)31-11-8-24(9-12-31)22-3-5-23(6-4-22)25-17-28-27(7-10-30-34(28)18-25)32-13-15-33(16-14-32)29(37)38-26(19-35)20-36/h3-7,10,17-18,21,24,26,35-36H,8-9,11-16,19-20H2,1-2H3. The van der Waals surface area contributed by atoms with Crippen molar-refractivity contribution in [3.63, 3.8) is 0 Å². The van der Waals surface area contributed by atoms with Gasteiger partial charge in [0.25, 0.3) is 0 Å². The van der Waals surface area contributed by atoms with Crippen molar-refractivity contribution >= 4 is 17.3 Å². The van der Waals surface area contributed by atoms with E-state index in [1.54, 1.807) is 4.90 Å². The smallest absolute Gasteiger partial charge is 0.410 e. The monoisotopic (exact) mass is 521 g/mol. The Morgan fingerprint density at radius 2 is 1.66 bits per heavy atom. The van der Waals surface area contributed by atoms with Gasteiger partial charge in [0, 0.05) is 50.2 Å². The summed E-state index contributed by atoms with van der Waals surface area (Å²) < 4.78 is 7.09. The van der Waals surface area contributed by atoms with Gasteiger partial charge in [0.1, 0.15) is 6.10 Å². The number of amides is 1. The van der Waals surface area contributed by atoms with Gasteiger partial charge in [-0.05, 0) is 69.0 Å². The predicted molar refractivity (Wildman–Crippen MR) is 148 cm³/mol. The summed E-state index contributed by atoms with van der Waals surface area (Å²) in [5, 5.41) is 22.9. The molecule has 0 aliphatic carbocycles. The molecule has 0 bridgehead atoms. The molecule has 5 rings (SSSR count). The number of aliphatic hydroxyl groups is 2. The zero-order chi connectivity index (χ0) is 26.6. The summed E-state index contributed by atoms with van der Waals surface area (Å²) in [7, 11) is 0. The van der Waals surface area contributed by atoms with Crippen LogP contribution in [0.15, 0.2) is 48.8 Å². The molecule has 4 heterocycles. The van der Waals surface area contributed by atoms with Gasteiger partial charge in [-0.2, -0.15) is 5.10 Å². The first kappa shape index (κ1) is 26.5. The van der Waals surface area contributed by atoms with Gasteiger partial charge >= 0.3 is 6.09 Å². The number of anilines is 1. The maximum Gasteiger partial charge on any atom is 0.410 e. The summed E-state index contributed by atoms with van der Waals surface area (Å²) in [6, 6.07) is 13.9. The lowest BCUT2D eigenvalue weighted by atomic mass is 9.88. The molecule has 9 heteroatoms. The highest BCUT2D eigenvalue weighted by molar-refractivity contribution is 5.80. The van der Waals surface area contributed by atoms with E-state index in [0.717, 1.165) is 16.8 Å². The molecule has 2 N–H and O–H groups in total. The van der Waals surface area contributed by atoms with Gasteiger partial charge in [0.2, 0.25) is 0 Å². The first-order valence-electron chi connectivity index (χ1n) is 13.7. The van der Waals surface area contributed by atoms with Crippen LogP contribution in [0.25, 0.3) is 16.6 Å². The van der Waals surface area contributed by atoms with Crippen LogP contribution in [0.2, 0.25) is 0 Å². The van der Waals surface area contributed by atoms with Crippen molar-refractivity contribution in [3.05, 3.63) is 54.4 Å². The molecule has 38 heavy (non-hydrogen) atoms. The Labute approximate surface area is 224 Å². The van der Waals surface area contributed by atoms with E-state index in [9.17, 15) is 15.0 Å². The number of likely N-dealkylation sites (tertiary alicyclic amines) is 1. The van der Waals surface area contributed by atoms with Crippen molar-refractivity contribution in [2.75, 3.05) is 57.4 Å². The molecule has 0 spiro atoms. The average molecular weight is 522 g/mol. The summed E-state index contributed by atoms with van der Waals surface area (Å²) in [6.45, 7) is 8.43. The number of rotatable bonds is 7. The molecule has 0 atom stereocenters. The fourth-order valence-electron chi connectivity index (χ4n) is 5.60. The Hall–Kier alpha value is -3.14. The van der Waals surface area contributed by atoms with E-state index in [1.807, 2.05) is 16.8 Å². The number of ether oxygens (including phenoxy) is 1. The lowest BCUT2D eigenvalue weighted by molar-refractivity contribution is 0.00416. The minimum Gasteiger partial charge on any atom is -0.441 e. The lowest BCUT2D eigenvalue weighted by Crippen LogP contribution is -2.50. The second kappa shape index (κ2) is 11.7. The summed E-state index contributed by atoms with van der Waals surface area (Å²) in [4.78, 5) is 18.8. The third kappa shape index (κ3) is 5.65. The van der Waals surface area contributed by atoms with Crippen LogP contribution in [-0.4, -0.2) is 100 Å². The molecule has 2 fully saturated rings. The zero-order valence-electron chi connectivity index (χ0n) is 22.4. The van der Waals surface area contributed by atoms with E-state index in [4.69, 9.17) is 4.74 Å². The Morgan fingerprint density at radius 3 is 2.29 bits per heavy atom. The van der Waals surface area contributed by atoms with Crippen LogP contribution in [0.3, 0.4) is 0 Å². The minimum atomic E-state index is -0.883. The molecular formula is C29H39N5O4. The van der Waals surface area contributed by atoms with Gasteiger partial charge in [0.15, 0.2) is 0 Å². The minimum absolute atomic E-state index is 0.395. The van der Waals surface area contributed by atoms with Crippen molar-refractivity contribution in [2.45, 2.75) is 44.8 Å². The van der Waals surface area contributed by atoms with Crippen LogP contribution in [0.5, 0.6) is 0 Å². The van der Waals surface area contributed by atoms with E-state index < -0.39 is 25.4 Å². The summed E-state index contributed by atoms with van der Waals surface area (Å²) >= 11 is 0. The molecule has 0 radical (unpaired) electrons. The SMILES string of the molecule is CC(C)N1CCC(c2ccc(-c3cc4c(N5CCN(C(=O)OC(CO)CO)CC5)ccnn4c3)cc2)CC1. The number of piperidine rings is 1. The highest BCUT2D eigenvalue weighted by Gasteiger charge is 2.26. The number of carbonyl (C=O) groups is 1. The Kier molecular flexibility index (Phi) is 8.16. The average Bonchev–Trinajstić information content (AvgIpc) is 3.41. The molecule has 204 valence electrons. The van der Waals surface area contributed by atoms with Gasteiger partial charge in [0.05, 0.1) is 24.4 Å². The maximum atomic E-state index is 12.4. The fraction of sp³-hybridized carbons (Fsp3) is 0.517. The first-order chi connectivity index (χ1) is 18.5. The Morgan fingerprint density at radius 1 is 0.974 bits per heavy atom. The van der Waals surface area contributed by atoms with Crippen molar-refractivity contribution in [3.8, 4) is 11.1 Å². The van der Waals surface area contributed by atoms with Gasteiger partial charge in [-0.3, -0.25) is 0 Å². The van der Waals surface area contributed by atoms with Crippen LogP contribution in [0.4, 0.5) is 10.5 Å². The second-order valence-electron chi connectivity index (χ2n) is 10.6. The molecule has 3 aromatic rings. The highest BCUT2D eigenvalue weighted by atomic mass is 16.6. The van der Waals surface area contributed by atoms with Gasteiger partial charge in [-0.15, -0.1) is 0 Å². The van der Waals surface area contributed by atoms with Gasteiger partial charge < -0.3 is 29.6 Å². The molecule has 0 saturated carbocycles. The van der Waals surface area contributed by atoms with Crippen LogP contribution in [0, 0.1) is 0 Å². The van der Waals surface area contributed by atoms with Crippen molar-refractivity contribution < 1.29 is 19.7 Å². The molecule has 9 nitrogen and oxygen atoms in total. The van der Waals surface area contributed by atoms with Crippen LogP contribution < -0.4 is 4.90 Å². The van der Waals surface area contributed by atoms with E-state index in [1.165, 1.54) is 37.1 Å². The van der Waals surface area contributed by atoms with Crippen LogP contribution >= 0.6 is 0 Å². The van der Waals surface area contributed by atoms with Crippen molar-refractivity contribution in [1.82, 2.24) is 19.4 Å². The third-order valence-electron chi connectivity index (χ3n) is 8.01. The molecular weight excluding hydrogens is 482 g/mol. The van der Waals surface area contributed by atoms with Gasteiger partial charge in [-0.25, -0.2) is 9.31 Å². The normalized spacial score (nSPS) is 17.6. The highest BCUT2D eigenvalue weighted by Crippen LogP contribution is 2.32. The molecule has 1 aromatic carbocycles. The summed E-state index contributed by atoms with van der Waals surface area (Å²) in [5.74, 6) is 0.634. The van der Waals surface area contributed by atoms with Crippen molar-refractivity contribution in [2.24, 2.45) is 0 Å². The second-order valence-corrected chi connectivity index (χ2v) is 10.6. The number of hydrogen-bond acceptors (Lipinski definition) is 7. The summed E-state index contributed by atoms with van der Waals surface area (Å²) in [5.41, 5.74) is 5.85. The fourth-order valence-corrected chi connectivity index (χ4v) is 5.60. The third-order valence-corrected chi connectivity index (χ3v) is 8.01. The Balaban J connectivity index is 1.25. The van der Waals surface area contributed by atoms with E-state index >= 15 is 0 Å². The van der Waals surface area contributed by atoms with E-state index in [-0.39, 0.29) is 0 Å². The molecule has 2 aliphatic rings. The molecule has 2 aliphatic heterocycles. The maximum absolute atomic E-state index is 12.4. The quantitative estimate of drug-likeness (QED) is 0.493. The number of aromatic nitrogens is 2. The number of hydrogen-bond donors (Lipinski definition) is 2. The first-order valence-corrected chi connectivity index (χ1v) is 13.7. The van der Waals surface area contributed by atoms with E-state index in [2.05, 4.69) is 65.3 Å². The topological polar surface area (TPSA) is 93.8 Å². The number of aliphatic hydroxyl groups excluding tert-OH is 2. The van der Waals surface area contributed by atoms with Crippen LogP contribution in [0.1, 0.15) is 38.2 Å². The number of benzene rings is 1. The molecule has 2 aromatic heterocycles. The van der Waals surface area contributed by atoms with E-state index in [0.29, 0.717) is 38.1 Å². The Bertz CT molecular complexity index is 1210. The largest absolute Gasteiger partial charge is 0.441 e.